The van der Waals surface area contributed by atoms with Crippen LogP contribution in [0.4, 0.5) is 0 Å². The van der Waals surface area contributed by atoms with Gasteiger partial charge in [0.15, 0.2) is 0 Å². The van der Waals surface area contributed by atoms with Crippen molar-refractivity contribution in [2.24, 2.45) is 5.41 Å². The second-order valence-corrected chi connectivity index (χ2v) is 7.37. The van der Waals surface area contributed by atoms with Gasteiger partial charge in [0.1, 0.15) is 11.9 Å². The Kier molecular flexibility index (Phi) is 4.53. The molecule has 0 fully saturated rings. The average molecular weight is 324 g/mol. The van der Waals surface area contributed by atoms with Gasteiger partial charge in [-0.2, -0.15) is 5.10 Å². The minimum atomic E-state index is -0.630. The normalized spacial score (nSPS) is 13.2. The molecule has 0 amide bonds. The first-order chi connectivity index (χ1) is 11.4. The largest absolute Gasteiger partial charge is 0.385 e. The van der Waals surface area contributed by atoms with E-state index < -0.39 is 6.10 Å². The van der Waals surface area contributed by atoms with Crippen LogP contribution in [0.15, 0.2) is 48.9 Å². The third-order valence-electron chi connectivity index (χ3n) is 3.82. The molecule has 0 spiro atoms. The third-order valence-corrected chi connectivity index (χ3v) is 3.82. The van der Waals surface area contributed by atoms with Crippen molar-refractivity contribution in [1.29, 1.82) is 0 Å². The van der Waals surface area contributed by atoms with Gasteiger partial charge in [0.25, 0.3) is 0 Å². The summed E-state index contributed by atoms with van der Waals surface area (Å²) >= 11 is 0. The lowest BCUT2D eigenvalue weighted by molar-refractivity contribution is 0.169. The van der Waals surface area contributed by atoms with E-state index in [9.17, 15) is 5.11 Å². The van der Waals surface area contributed by atoms with Crippen LogP contribution in [-0.4, -0.2) is 24.9 Å². The number of aromatic nitrogens is 4. The highest BCUT2D eigenvalue weighted by molar-refractivity contribution is 5.34. The number of hydrogen-bond donors (Lipinski definition) is 2. The molecule has 126 valence electrons. The molecule has 2 N–H and O–H groups in total. The summed E-state index contributed by atoms with van der Waals surface area (Å²) in [5.74, 6) is 0.630. The number of aliphatic hydroxyl groups excluding tert-OH is 1. The Bertz CT molecular complexity index is 767. The van der Waals surface area contributed by atoms with Gasteiger partial charge in [-0.05, 0) is 35.6 Å². The molecule has 5 nitrogen and oxygen atoms in total. The van der Waals surface area contributed by atoms with Gasteiger partial charge in [0.2, 0.25) is 0 Å². The Morgan fingerprint density at radius 2 is 1.96 bits per heavy atom. The summed E-state index contributed by atoms with van der Waals surface area (Å²) in [7, 11) is 0. The monoisotopic (exact) mass is 324 g/mol. The molecular weight excluding hydrogens is 300 g/mol. The van der Waals surface area contributed by atoms with Crippen molar-refractivity contribution >= 4 is 0 Å². The van der Waals surface area contributed by atoms with Crippen molar-refractivity contribution in [3.63, 3.8) is 0 Å². The van der Waals surface area contributed by atoms with E-state index in [0.29, 0.717) is 12.2 Å². The van der Waals surface area contributed by atoms with E-state index in [2.05, 4.69) is 35.8 Å². The molecule has 3 rings (SSSR count). The van der Waals surface area contributed by atoms with Crippen LogP contribution < -0.4 is 0 Å². The molecule has 0 saturated carbocycles. The maximum absolute atomic E-state index is 10.4. The lowest BCUT2D eigenvalue weighted by Crippen LogP contribution is -2.10. The first-order valence-corrected chi connectivity index (χ1v) is 8.21. The molecule has 24 heavy (non-hydrogen) atoms. The summed E-state index contributed by atoms with van der Waals surface area (Å²) in [6.07, 6.45) is 6.29. The predicted octanol–water partition coefficient (Wildman–Crippen LogP) is 3.46. The molecule has 2 heterocycles. The van der Waals surface area contributed by atoms with Crippen molar-refractivity contribution in [3.05, 3.63) is 66.0 Å². The SMILES string of the molecule is CC(C)(C)Cc1cnc(C(O)Cc2ccc(-n3cccn3)cc2)[nH]1. The molecule has 0 aliphatic heterocycles. The number of imidazole rings is 1. The van der Waals surface area contributed by atoms with Crippen molar-refractivity contribution in [3.8, 4) is 5.69 Å². The first kappa shape index (κ1) is 16.5. The van der Waals surface area contributed by atoms with Gasteiger partial charge < -0.3 is 10.1 Å². The van der Waals surface area contributed by atoms with Crippen LogP contribution in [0.25, 0.3) is 5.69 Å². The van der Waals surface area contributed by atoms with E-state index in [-0.39, 0.29) is 5.41 Å². The lowest BCUT2D eigenvalue weighted by Gasteiger charge is -2.16. The van der Waals surface area contributed by atoms with Crippen LogP contribution in [0.3, 0.4) is 0 Å². The summed E-state index contributed by atoms with van der Waals surface area (Å²) in [6.45, 7) is 6.56. The smallest absolute Gasteiger partial charge is 0.135 e. The molecule has 0 aliphatic rings. The summed E-state index contributed by atoms with van der Waals surface area (Å²) in [4.78, 5) is 7.58. The Hall–Kier alpha value is -2.40. The second kappa shape index (κ2) is 6.61. The summed E-state index contributed by atoms with van der Waals surface area (Å²) in [6, 6.07) is 9.92. The molecule has 2 aromatic heterocycles. The van der Waals surface area contributed by atoms with E-state index in [1.165, 1.54) is 0 Å². The molecule has 0 bridgehead atoms. The summed E-state index contributed by atoms with van der Waals surface area (Å²) < 4.78 is 1.81. The minimum absolute atomic E-state index is 0.192. The van der Waals surface area contributed by atoms with Crippen molar-refractivity contribution in [2.75, 3.05) is 0 Å². The molecule has 1 aromatic carbocycles. The Morgan fingerprint density at radius 3 is 2.58 bits per heavy atom. The number of aliphatic hydroxyl groups is 1. The molecule has 1 unspecified atom stereocenters. The summed E-state index contributed by atoms with van der Waals surface area (Å²) in [5, 5.41) is 14.6. The Balaban J connectivity index is 1.65. The van der Waals surface area contributed by atoms with Crippen LogP contribution in [-0.2, 0) is 12.8 Å². The zero-order chi connectivity index (χ0) is 17.2. The van der Waals surface area contributed by atoms with Gasteiger partial charge in [-0.3, -0.25) is 0 Å². The topological polar surface area (TPSA) is 66.7 Å². The zero-order valence-electron chi connectivity index (χ0n) is 14.4. The van der Waals surface area contributed by atoms with Gasteiger partial charge in [0, 0.05) is 30.7 Å². The maximum atomic E-state index is 10.4. The van der Waals surface area contributed by atoms with Crippen LogP contribution in [0.1, 0.15) is 44.0 Å². The molecule has 0 saturated heterocycles. The maximum Gasteiger partial charge on any atom is 0.135 e. The van der Waals surface area contributed by atoms with Gasteiger partial charge in [-0.1, -0.05) is 32.9 Å². The number of H-pyrrole nitrogens is 1. The highest BCUT2D eigenvalue weighted by Crippen LogP contribution is 2.22. The highest BCUT2D eigenvalue weighted by atomic mass is 16.3. The van der Waals surface area contributed by atoms with Gasteiger partial charge in [0.05, 0.1) is 5.69 Å². The van der Waals surface area contributed by atoms with Crippen LogP contribution in [0.5, 0.6) is 0 Å². The zero-order valence-corrected chi connectivity index (χ0v) is 14.4. The van der Waals surface area contributed by atoms with Gasteiger partial charge in [-0.25, -0.2) is 9.67 Å². The molecule has 0 aliphatic carbocycles. The van der Waals surface area contributed by atoms with E-state index in [0.717, 1.165) is 23.4 Å². The Labute approximate surface area is 142 Å². The number of rotatable bonds is 5. The van der Waals surface area contributed by atoms with E-state index >= 15 is 0 Å². The van der Waals surface area contributed by atoms with E-state index in [1.807, 2.05) is 47.4 Å². The van der Waals surface area contributed by atoms with Crippen molar-refractivity contribution in [2.45, 2.75) is 39.7 Å². The van der Waals surface area contributed by atoms with Gasteiger partial charge >= 0.3 is 0 Å². The fraction of sp³-hybridized carbons (Fsp3) is 0.368. The van der Waals surface area contributed by atoms with Crippen LogP contribution >= 0.6 is 0 Å². The minimum Gasteiger partial charge on any atom is -0.385 e. The molecule has 0 radical (unpaired) electrons. The third kappa shape index (κ3) is 4.11. The van der Waals surface area contributed by atoms with Crippen LogP contribution in [0.2, 0.25) is 0 Å². The average Bonchev–Trinajstić information content (AvgIpc) is 3.17. The highest BCUT2D eigenvalue weighted by Gasteiger charge is 2.16. The van der Waals surface area contributed by atoms with Crippen LogP contribution in [0, 0.1) is 5.41 Å². The molecule has 1 atom stereocenters. The fourth-order valence-corrected chi connectivity index (χ4v) is 2.73. The predicted molar refractivity (Wildman–Crippen MR) is 94.0 cm³/mol. The van der Waals surface area contributed by atoms with Gasteiger partial charge in [-0.15, -0.1) is 0 Å². The van der Waals surface area contributed by atoms with Crippen molar-refractivity contribution < 1.29 is 5.11 Å². The second-order valence-electron chi connectivity index (χ2n) is 7.37. The molecule has 3 aromatic rings. The summed E-state index contributed by atoms with van der Waals surface area (Å²) in [5.41, 5.74) is 3.32. The number of nitrogens with zero attached hydrogens (tertiary/aromatic N) is 3. The van der Waals surface area contributed by atoms with E-state index in [4.69, 9.17) is 0 Å². The quantitative estimate of drug-likeness (QED) is 0.755. The van der Waals surface area contributed by atoms with E-state index in [1.54, 1.807) is 6.20 Å². The number of hydrogen-bond acceptors (Lipinski definition) is 3. The Morgan fingerprint density at radius 1 is 1.21 bits per heavy atom. The molecule has 5 heteroatoms. The van der Waals surface area contributed by atoms with Crippen molar-refractivity contribution in [1.82, 2.24) is 19.7 Å². The lowest BCUT2D eigenvalue weighted by atomic mass is 9.91. The molecular formula is C19H24N4O. The number of benzene rings is 1. The standard InChI is InChI=1S/C19H24N4O/c1-19(2,3)12-15-13-20-18(22-15)17(24)11-14-5-7-16(8-6-14)23-10-4-9-21-23/h4-10,13,17,24H,11-12H2,1-3H3,(H,20,22). The number of aromatic amines is 1. The number of nitrogens with one attached hydrogen (secondary N) is 1. The first-order valence-electron chi connectivity index (χ1n) is 8.21. The fourth-order valence-electron chi connectivity index (χ4n) is 2.73.